The Morgan fingerprint density at radius 1 is 0.453 bits per heavy atom. The van der Waals surface area contributed by atoms with Crippen LogP contribution < -0.4 is 33.1 Å². The predicted octanol–water partition coefficient (Wildman–Crippen LogP) is 14.6. The number of benzene rings is 8. The highest BCUT2D eigenvalue weighted by Crippen LogP contribution is 2.40. The van der Waals surface area contributed by atoms with E-state index in [1.165, 1.54) is 84.2 Å². The normalized spacial score (nSPS) is 15.1. The molecule has 38 heteroatoms. The molecule has 4 saturated heterocycles. The van der Waals surface area contributed by atoms with Crippen LogP contribution in [-0.2, 0) is 40.1 Å². The van der Waals surface area contributed by atoms with Crippen LogP contribution >= 0.6 is 23.2 Å². The minimum absolute atomic E-state index is 0.0403. The van der Waals surface area contributed by atoms with Crippen LogP contribution in [0, 0.1) is 79.0 Å². The number of ether oxygens (including phenoxy) is 4. The first-order chi connectivity index (χ1) is 55.8. The van der Waals surface area contributed by atoms with Gasteiger partial charge in [0.2, 0.25) is 40.1 Å². The molecule has 0 atom stereocenters. The van der Waals surface area contributed by atoms with Crippen molar-refractivity contribution in [2.45, 2.75) is 97.3 Å². The maximum absolute atomic E-state index is 13.9. The predicted molar refractivity (Wildman–Crippen MR) is 424 cm³/mol. The number of hydrogen-bond donors (Lipinski definition) is 3. The van der Waals surface area contributed by atoms with Crippen molar-refractivity contribution in [3.8, 4) is 64.2 Å². The molecule has 0 spiro atoms. The fourth-order valence-corrected chi connectivity index (χ4v) is 18.3. The molecule has 8 aromatic rings. The van der Waals surface area contributed by atoms with Crippen LogP contribution in [0.25, 0.3) is 0 Å². The van der Waals surface area contributed by atoms with E-state index in [-0.39, 0.29) is 95.4 Å². The molecule has 0 unspecified atom stereocenters. The molecule has 4 aliphatic rings. The topological polar surface area (TPSA) is 340 Å². The average Bonchev–Trinajstić information content (AvgIpc) is 1.28. The van der Waals surface area contributed by atoms with Gasteiger partial charge in [0.1, 0.15) is 65.8 Å². The first kappa shape index (κ1) is 91.4. The molecular formula is C79H84Cl2F6N12O14S4. The van der Waals surface area contributed by atoms with E-state index in [1.807, 2.05) is 37.0 Å². The Labute approximate surface area is 686 Å². The second kappa shape index (κ2) is 42.7. The molecule has 12 rings (SSSR count). The maximum Gasteiger partial charge on any atom is 0.271 e. The van der Waals surface area contributed by atoms with Crippen molar-refractivity contribution in [1.82, 2.24) is 38.1 Å². The van der Waals surface area contributed by atoms with Crippen LogP contribution in [0.15, 0.2) is 165 Å². The molecule has 0 bridgehead atoms. The summed E-state index contributed by atoms with van der Waals surface area (Å²) in [6, 6.07) is 33.1. The van der Waals surface area contributed by atoms with Crippen molar-refractivity contribution < 1.29 is 83.9 Å². The van der Waals surface area contributed by atoms with E-state index in [1.54, 1.807) is 6.07 Å². The fourth-order valence-electron chi connectivity index (χ4n) is 12.9. The maximum atomic E-state index is 13.9. The summed E-state index contributed by atoms with van der Waals surface area (Å²) in [5, 5.41) is 39.2. The van der Waals surface area contributed by atoms with Crippen molar-refractivity contribution in [2.24, 2.45) is 0 Å². The lowest BCUT2D eigenvalue weighted by Crippen LogP contribution is -2.45. The summed E-state index contributed by atoms with van der Waals surface area (Å²) in [5.41, 5.74) is -0.0308. The number of likely N-dealkylation sites (tertiary alicyclic amines) is 3. The molecule has 0 aromatic heterocycles. The zero-order valence-electron chi connectivity index (χ0n) is 63.5. The number of halogens is 8. The number of nitro benzene ring substituents is 1. The summed E-state index contributed by atoms with van der Waals surface area (Å²) >= 11 is 12.2. The third-order valence-electron chi connectivity index (χ3n) is 19.1. The molecule has 8 aromatic carbocycles. The first-order valence-electron chi connectivity index (χ1n) is 37.2. The quantitative estimate of drug-likeness (QED) is 0.0223. The molecule has 117 heavy (non-hydrogen) atoms. The van der Waals surface area contributed by atoms with Gasteiger partial charge < -0.3 is 38.5 Å². The number of non-ortho nitro benzene ring substituents is 1. The second-order valence-corrected chi connectivity index (χ2v) is 34.9. The van der Waals surface area contributed by atoms with Gasteiger partial charge in [-0.1, -0.05) is 43.5 Å². The van der Waals surface area contributed by atoms with Crippen LogP contribution in [0.1, 0.15) is 88.3 Å². The van der Waals surface area contributed by atoms with Crippen LogP contribution in [0.5, 0.6) is 46.0 Å². The Bertz CT molecular complexity index is 5290. The largest absolute Gasteiger partial charge is 0.454 e. The summed E-state index contributed by atoms with van der Waals surface area (Å²) in [6.07, 6.45) is 9.36. The van der Waals surface area contributed by atoms with Gasteiger partial charge in [0.25, 0.3) is 5.69 Å². The number of nitro groups is 1. The number of sulfonamides is 4. The van der Waals surface area contributed by atoms with E-state index in [4.69, 9.17) is 57.9 Å². The summed E-state index contributed by atoms with van der Waals surface area (Å²) in [6.45, 7) is 14.2. The van der Waals surface area contributed by atoms with E-state index in [0.717, 1.165) is 170 Å². The smallest absolute Gasteiger partial charge is 0.271 e. The molecule has 0 aliphatic carbocycles. The SMILES string of the molecule is CCN(CC)CCNS(=O)(=O)c1cc(C#N)ccc1Oc1cc(F)ccc1F.N#Cc1ccc(Oc2cc(F)ccc2F)c(S(=O)(=O)NCCN2CCCC2)c1.N#Cc1ccc(Oc2cc(F)ccc2F)c(S(=O)(=O)NCCN2CCCCC2)c1.O=[N+]([O-])c1ccc(Oc2cc(Cl)ccc2Cl)c(S(=O)(=O)N2CCC(N3CCCC3)CC2)c1. The first-order valence-corrected chi connectivity index (χ1v) is 43.8. The molecule has 3 N–H and O–H groups in total. The number of nitrogens with zero attached hydrogens (tertiary/aromatic N) is 9. The van der Waals surface area contributed by atoms with Gasteiger partial charge >= 0.3 is 0 Å². The van der Waals surface area contributed by atoms with Crippen LogP contribution in [0.3, 0.4) is 0 Å². The minimum Gasteiger partial charge on any atom is -0.454 e. The van der Waals surface area contributed by atoms with Crippen molar-refractivity contribution >= 4 is 69.0 Å². The highest BCUT2D eigenvalue weighted by Gasteiger charge is 2.36. The molecule has 4 heterocycles. The van der Waals surface area contributed by atoms with Crippen LogP contribution in [-0.4, -0.2) is 173 Å². The van der Waals surface area contributed by atoms with Gasteiger partial charge in [0, 0.05) is 99.8 Å². The van der Waals surface area contributed by atoms with Crippen molar-refractivity contribution in [1.29, 1.82) is 15.8 Å². The Hall–Kier alpha value is -9.53. The third kappa shape index (κ3) is 26.0. The molecule has 26 nitrogen and oxygen atoms in total. The molecule has 0 radical (unpaired) electrons. The van der Waals surface area contributed by atoms with Crippen molar-refractivity contribution in [2.75, 3.05) is 105 Å². The molecule has 0 saturated carbocycles. The summed E-state index contributed by atoms with van der Waals surface area (Å²) in [5.74, 6) is -6.52. The Morgan fingerprint density at radius 3 is 1.23 bits per heavy atom. The summed E-state index contributed by atoms with van der Waals surface area (Å²) < 4.78 is 216. The molecule has 624 valence electrons. The van der Waals surface area contributed by atoms with Gasteiger partial charge in [-0.2, -0.15) is 20.1 Å². The van der Waals surface area contributed by atoms with E-state index < -0.39 is 97.2 Å². The minimum atomic E-state index is -4.05. The zero-order chi connectivity index (χ0) is 84.6. The number of hydrogen-bond acceptors (Lipinski definition) is 21. The Morgan fingerprint density at radius 2 is 0.829 bits per heavy atom. The fraction of sp³-hybridized carbons (Fsp3) is 0.354. The number of nitriles is 3. The zero-order valence-corrected chi connectivity index (χ0v) is 68.3. The highest BCUT2D eigenvalue weighted by molar-refractivity contribution is 7.90. The molecule has 4 fully saturated rings. The van der Waals surface area contributed by atoms with E-state index in [0.29, 0.717) is 43.8 Å². The second-order valence-electron chi connectivity index (χ2n) is 27.0. The van der Waals surface area contributed by atoms with Gasteiger partial charge in [-0.15, -0.1) is 0 Å². The van der Waals surface area contributed by atoms with Gasteiger partial charge in [0.05, 0.1) is 44.8 Å². The van der Waals surface area contributed by atoms with Crippen molar-refractivity contribution in [3.05, 3.63) is 217 Å². The lowest BCUT2D eigenvalue weighted by molar-refractivity contribution is -0.385. The Kier molecular flexibility index (Phi) is 33.4. The third-order valence-corrected chi connectivity index (χ3v) is 26.0. The standard InChI is InChI=1S/C21H23Cl2N3O5S.C20H21F2N3O3S.C19H19F2N3O3S.C19H21F2N3O3S/c22-15-3-5-18(23)20(13-15)31-19-6-4-17(26(27)28)14-21(19)32(29,30)25-11-7-16(8-12-25)24-9-1-2-10-24;21-16-5-6-17(22)19(13-16)28-18-7-4-15(14-23)12-20(18)29(26,27)24-8-11-25-9-2-1-3-10-25;20-15-4-5-16(21)18(12-15)27-17-6-3-14(13-22)11-19(17)28(25,26)23-7-10-24-8-1-2-9-24;1-3-24(4-2)10-9-23-28(25,26)19-11-14(13-22)5-8-17(19)27-18-12-15(20)6-7-16(18)21/h3-6,13-14,16H,1-2,7-12H2;4-7,12-13,24H,1-3,8-11H2;3-6,11-12,23H,1-2,7-10H2;5-8,11-12,23H,3-4,9-10H2,1-2H3. The lowest BCUT2D eigenvalue weighted by Gasteiger charge is -2.36. The molecule has 0 amide bonds. The van der Waals surface area contributed by atoms with E-state index >= 15 is 0 Å². The molecular weight excluding hydrogens is 1650 g/mol. The van der Waals surface area contributed by atoms with E-state index in [2.05, 4.69) is 28.9 Å². The Balaban J connectivity index is 0.000000178. The lowest BCUT2D eigenvalue weighted by atomic mass is 10.1. The van der Waals surface area contributed by atoms with Crippen molar-refractivity contribution in [3.63, 3.8) is 0 Å². The number of likely N-dealkylation sites (N-methyl/N-ethyl adjacent to an activating group) is 1. The molecule has 4 aliphatic heterocycles. The van der Waals surface area contributed by atoms with Gasteiger partial charge in [-0.3, -0.25) is 10.1 Å². The summed E-state index contributed by atoms with van der Waals surface area (Å²) in [4.78, 5) is 18.3. The van der Waals surface area contributed by atoms with E-state index in [9.17, 15) is 70.1 Å². The van der Waals surface area contributed by atoms with Crippen LogP contribution in [0.4, 0.5) is 32.0 Å². The van der Waals surface area contributed by atoms with Crippen LogP contribution in [0.2, 0.25) is 10.0 Å². The number of rotatable bonds is 29. The van der Waals surface area contributed by atoms with Gasteiger partial charge in [-0.25, -0.2) is 74.2 Å². The highest BCUT2D eigenvalue weighted by atomic mass is 35.5. The van der Waals surface area contributed by atoms with Gasteiger partial charge in [0.15, 0.2) is 34.7 Å². The van der Waals surface area contributed by atoms with Gasteiger partial charge in [-0.05, 0) is 213 Å². The number of piperidine rings is 2. The monoisotopic (exact) mass is 1740 g/mol. The summed E-state index contributed by atoms with van der Waals surface area (Å²) in [7, 11) is -16.1. The number of nitrogens with one attached hydrogen (secondary N) is 3. The average molecular weight is 1740 g/mol.